The summed E-state index contributed by atoms with van der Waals surface area (Å²) in [5, 5.41) is 5.87. The maximum Gasteiger partial charge on any atom is 0.164 e. The molecule has 0 aliphatic rings. The summed E-state index contributed by atoms with van der Waals surface area (Å²) < 4.78 is 15.1. The fraction of sp³-hybridized carbons (Fsp3) is 0. The van der Waals surface area contributed by atoms with Crippen LogP contribution in [0.4, 0.5) is 0 Å². The molecule has 6 nitrogen and oxygen atoms in total. The third-order valence-electron chi connectivity index (χ3n) is 12.8. The second kappa shape index (κ2) is 15.2. The van der Waals surface area contributed by atoms with Gasteiger partial charge in [0.2, 0.25) is 0 Å². The number of para-hydroxylation sites is 2. The lowest BCUT2D eigenvalue weighted by molar-refractivity contribution is 0.668. The number of fused-ring (bicyclic) bond motifs is 9. The molecule has 16 heteroatoms. The van der Waals surface area contributed by atoms with E-state index in [2.05, 4.69) is 77.4 Å². The number of aromatic nitrogens is 4. The highest BCUT2D eigenvalue weighted by atomic mass is 16.3. The van der Waals surface area contributed by atoms with Gasteiger partial charge >= 0.3 is 0 Å². The van der Waals surface area contributed by atoms with Crippen molar-refractivity contribution in [1.82, 2.24) is 19.5 Å². The fourth-order valence-electron chi connectivity index (χ4n) is 9.38. The molecule has 12 aromatic rings. The van der Waals surface area contributed by atoms with Gasteiger partial charge in [-0.05, 0) is 65.7 Å². The van der Waals surface area contributed by atoms with Crippen LogP contribution in [-0.4, -0.2) is 98.0 Å². The van der Waals surface area contributed by atoms with Crippen LogP contribution >= 0.6 is 0 Å². The maximum atomic E-state index is 6.57. The van der Waals surface area contributed by atoms with Crippen LogP contribution in [-0.2, 0) is 0 Å². The zero-order valence-corrected chi connectivity index (χ0v) is 35.4. The van der Waals surface area contributed by atoms with Crippen molar-refractivity contribution in [3.63, 3.8) is 0 Å². The Morgan fingerprint density at radius 1 is 0.343 bits per heavy atom. The third kappa shape index (κ3) is 6.14. The first kappa shape index (κ1) is 41.3. The van der Waals surface area contributed by atoms with E-state index in [1.807, 2.05) is 48.5 Å². The van der Waals surface area contributed by atoms with Gasteiger partial charge in [0, 0.05) is 60.8 Å². The number of hydrogen-bond donors (Lipinski definition) is 0. The highest BCUT2D eigenvalue weighted by Crippen LogP contribution is 2.41. The summed E-state index contributed by atoms with van der Waals surface area (Å²) in [6, 6.07) is 41.1. The van der Waals surface area contributed by atoms with Crippen LogP contribution in [0.25, 0.3) is 117 Å². The Bertz CT molecular complexity index is 4000. The van der Waals surface area contributed by atoms with E-state index in [0.717, 1.165) is 71.3 Å². The normalized spacial score (nSPS) is 11.9. The minimum Gasteiger partial charge on any atom is -0.456 e. The maximum absolute atomic E-state index is 6.57. The molecule has 0 saturated carbocycles. The Balaban J connectivity index is 1.05. The van der Waals surface area contributed by atoms with Gasteiger partial charge in [0.25, 0.3) is 0 Å². The van der Waals surface area contributed by atoms with E-state index in [1.165, 1.54) is 0 Å². The van der Waals surface area contributed by atoms with Crippen LogP contribution in [0.3, 0.4) is 0 Å². The quantitative estimate of drug-likeness (QED) is 0.246. The van der Waals surface area contributed by atoms with Crippen LogP contribution < -0.4 is 54.6 Å². The van der Waals surface area contributed by atoms with E-state index in [9.17, 15) is 0 Å². The fourth-order valence-corrected chi connectivity index (χ4v) is 9.38. The minimum atomic E-state index is -0.00312. The summed E-state index contributed by atoms with van der Waals surface area (Å²) in [6.07, 6.45) is 0. The molecule has 0 saturated heterocycles. The van der Waals surface area contributed by atoms with Crippen molar-refractivity contribution >= 4 is 199 Å². The van der Waals surface area contributed by atoms with Crippen molar-refractivity contribution in [2.45, 2.75) is 0 Å². The summed E-state index contributed by atoms with van der Waals surface area (Å²) in [7, 11) is 64.0. The number of hydrogen-bond acceptors (Lipinski definition) is 5. The van der Waals surface area contributed by atoms with Gasteiger partial charge in [-0.25, -0.2) is 15.0 Å². The molecule has 0 aliphatic heterocycles. The van der Waals surface area contributed by atoms with E-state index in [0.29, 0.717) is 16.7 Å². The molecule has 0 N–H and O–H groups in total. The Kier molecular flexibility index (Phi) is 9.35. The smallest absolute Gasteiger partial charge is 0.164 e. The zero-order chi connectivity index (χ0) is 46.2. The first-order valence-corrected chi connectivity index (χ1v) is 21.1. The molecule has 4 heterocycles. The van der Waals surface area contributed by atoms with Crippen molar-refractivity contribution in [3.8, 4) is 51.0 Å². The molecule has 0 amide bonds. The molecule has 8 aromatic carbocycles. The summed E-state index contributed by atoms with van der Waals surface area (Å²) in [5.74, 6) is 0.169. The molecule has 0 bridgehead atoms. The molecule has 0 unspecified atom stereocenters. The Labute approximate surface area is 397 Å². The molecule has 4 aromatic heterocycles. The topological polar surface area (TPSA) is 69.9 Å². The Morgan fingerprint density at radius 3 is 1.51 bits per heavy atom. The van der Waals surface area contributed by atoms with Crippen LogP contribution in [0.1, 0.15) is 0 Å². The highest BCUT2D eigenvalue weighted by molar-refractivity contribution is 6.70. The lowest BCUT2D eigenvalue weighted by atomic mass is 9.60. The van der Waals surface area contributed by atoms with E-state index in [1.54, 1.807) is 0 Å². The third-order valence-corrected chi connectivity index (χ3v) is 12.8. The monoisotopic (exact) mass is 830 g/mol. The zero-order valence-electron chi connectivity index (χ0n) is 35.4. The molecule has 0 atom stereocenters. The largest absolute Gasteiger partial charge is 0.456 e. The van der Waals surface area contributed by atoms with E-state index >= 15 is 0 Å². The predicted molar refractivity (Wildman–Crippen MR) is 284 cm³/mol. The van der Waals surface area contributed by atoms with Gasteiger partial charge < -0.3 is 13.4 Å². The van der Waals surface area contributed by atoms with Crippen LogP contribution in [0.2, 0.25) is 0 Å². The average molecular weight is 829 g/mol. The molecule has 20 radical (unpaired) electrons. The lowest BCUT2D eigenvalue weighted by Gasteiger charge is -2.22. The lowest BCUT2D eigenvalue weighted by Crippen LogP contribution is -2.55. The second-order valence-electron chi connectivity index (χ2n) is 16.5. The number of furan rings is 2. The second-order valence-corrected chi connectivity index (χ2v) is 16.5. The first-order chi connectivity index (χ1) is 32.4. The van der Waals surface area contributed by atoms with Gasteiger partial charge in [-0.3, -0.25) is 0 Å². The van der Waals surface area contributed by atoms with Crippen LogP contribution in [0.5, 0.6) is 0 Å². The van der Waals surface area contributed by atoms with Gasteiger partial charge in [0.15, 0.2) is 17.5 Å². The van der Waals surface area contributed by atoms with Crippen molar-refractivity contribution in [2.24, 2.45) is 0 Å². The molecule has 0 spiro atoms. The SMILES string of the molecule is [B]c1c([B])c([B])c(-c2nc(-c3c([B])c([B])c([B])c([B])c3[B])nc(-c3cccc4oc5ccc(-c6ccc7c(c6)c6ccccc6n7-c6ccc7c(c6)oc6ccccc67)cc5c34)n2)c([B])c1[B]. The summed E-state index contributed by atoms with van der Waals surface area (Å²) >= 11 is 0. The van der Waals surface area contributed by atoms with Gasteiger partial charge in [-0.2, -0.15) is 0 Å². The number of benzene rings is 8. The van der Waals surface area contributed by atoms with Crippen molar-refractivity contribution in [3.05, 3.63) is 121 Å². The van der Waals surface area contributed by atoms with Crippen LogP contribution in [0.15, 0.2) is 130 Å². The highest BCUT2D eigenvalue weighted by Gasteiger charge is 2.24. The van der Waals surface area contributed by atoms with Gasteiger partial charge in [0.05, 0.1) is 11.0 Å². The standard InChI is InChI=1S/C51H20B10N4O2/c52-39-37(40(53)44(57)47(60)43(39)56)50-62-49(63-51(64-50)38-41(54)45(58)48(61)46(59)42(38)55)27-8-5-11-34-36(27)29-19-22(13-17-33(29)66-34)21-12-16-31-28(18-21)24-6-1-3-9-30(24)65(31)23-14-15-26-25-7-2-4-10-32(25)67-35(26)20-23/h1-20H. The van der Waals surface area contributed by atoms with Crippen LogP contribution in [0, 0.1) is 0 Å². The average Bonchev–Trinajstić information content (AvgIpc) is 4.02. The number of nitrogens with zero attached hydrogens (tertiary/aromatic N) is 4. The molecule has 0 aliphatic carbocycles. The van der Waals surface area contributed by atoms with Crippen molar-refractivity contribution < 1.29 is 8.83 Å². The summed E-state index contributed by atoms with van der Waals surface area (Å²) in [6.45, 7) is 0. The minimum absolute atomic E-state index is 0.00312. The molecule has 67 heavy (non-hydrogen) atoms. The van der Waals surface area contributed by atoms with E-state index in [4.69, 9.17) is 102 Å². The Morgan fingerprint density at radius 2 is 0.836 bits per heavy atom. The van der Waals surface area contributed by atoms with Gasteiger partial charge in [-0.1, -0.05) is 82.5 Å². The van der Waals surface area contributed by atoms with Gasteiger partial charge in [0.1, 0.15) is 101 Å². The van der Waals surface area contributed by atoms with E-state index < -0.39 is 0 Å². The van der Waals surface area contributed by atoms with Gasteiger partial charge in [-0.15, -0.1) is 32.8 Å². The predicted octanol–water partition coefficient (Wildman–Crippen LogP) is 1.37. The first-order valence-electron chi connectivity index (χ1n) is 21.1. The number of rotatable bonds is 5. The van der Waals surface area contributed by atoms with Crippen molar-refractivity contribution in [2.75, 3.05) is 0 Å². The van der Waals surface area contributed by atoms with Crippen molar-refractivity contribution in [1.29, 1.82) is 0 Å². The Hall–Kier alpha value is -7.18. The summed E-state index contributed by atoms with van der Waals surface area (Å²) in [5.41, 5.74) is 8.89. The summed E-state index contributed by atoms with van der Waals surface area (Å²) in [4.78, 5) is 14.6. The van der Waals surface area contributed by atoms with E-state index in [-0.39, 0.29) is 83.2 Å². The molecule has 0 fully saturated rings. The molecule has 12 rings (SSSR count). The molecule has 286 valence electrons. The molecular weight excluding hydrogens is 809 g/mol. The molecular formula is C51H20B10N4O2.